The Morgan fingerprint density at radius 2 is 2.31 bits per heavy atom. The van der Waals surface area contributed by atoms with E-state index in [1.807, 2.05) is 0 Å². The van der Waals surface area contributed by atoms with Crippen LogP contribution < -0.4 is 5.32 Å². The number of allylic oxidation sites excluding steroid dienone is 1. The van der Waals surface area contributed by atoms with Crippen molar-refractivity contribution in [1.29, 1.82) is 0 Å². The Bertz CT molecular complexity index is 663. The summed E-state index contributed by atoms with van der Waals surface area (Å²) in [6.07, 6.45) is 9.51. The van der Waals surface area contributed by atoms with Gasteiger partial charge in [-0.05, 0) is 40.0 Å². The van der Waals surface area contributed by atoms with Crippen molar-refractivity contribution in [2.24, 2.45) is 5.92 Å². The zero-order valence-electron chi connectivity index (χ0n) is 15.7. The lowest BCUT2D eigenvalue weighted by Crippen LogP contribution is -2.39. The van der Waals surface area contributed by atoms with E-state index in [2.05, 4.69) is 37.1 Å². The first-order valence-corrected chi connectivity index (χ1v) is 10.1. The van der Waals surface area contributed by atoms with Gasteiger partial charge in [0.05, 0.1) is 23.9 Å². The number of hydrogen-bond acceptors (Lipinski definition) is 5. The van der Waals surface area contributed by atoms with Crippen LogP contribution in [0.2, 0.25) is 0 Å². The van der Waals surface area contributed by atoms with Gasteiger partial charge in [0.1, 0.15) is 0 Å². The molecule has 26 heavy (non-hydrogen) atoms. The topological polar surface area (TPSA) is 87.3 Å². The highest BCUT2D eigenvalue weighted by Crippen LogP contribution is 2.58. The minimum Gasteiger partial charge on any atom is -0.465 e. The standard InChI is InChI=1S/C15H24O2.C4H4N2O2S.2H2/c1-11(2)7-8-13-14(3,17-13)12-6-4-5-9-15(12)10-16-15;7-4(8)6-3-5-1-2-9-3;;/h7,12-13H,4-6,8-10H2,1-3H3;1-2H,(H,5,6)(H,7,8);2*1H/t12?,13-,14-,15+;;;/m1.../s1. The summed E-state index contributed by atoms with van der Waals surface area (Å²) in [4.78, 5) is 13.6. The second-order valence-corrected chi connectivity index (χ2v) is 8.62. The molecule has 2 N–H and O–H groups in total. The van der Waals surface area contributed by atoms with Crippen LogP contribution in [0.15, 0.2) is 23.2 Å². The van der Waals surface area contributed by atoms with E-state index in [1.165, 1.54) is 48.8 Å². The van der Waals surface area contributed by atoms with Crippen LogP contribution in [0, 0.1) is 5.92 Å². The summed E-state index contributed by atoms with van der Waals surface area (Å²) >= 11 is 1.25. The van der Waals surface area contributed by atoms with Gasteiger partial charge in [0, 0.05) is 20.3 Å². The molecular weight excluding hydrogens is 352 g/mol. The summed E-state index contributed by atoms with van der Waals surface area (Å²) in [5.41, 5.74) is 1.71. The number of ether oxygens (including phenoxy) is 2. The Hall–Kier alpha value is -1.44. The number of carbonyl (C=O) groups is 1. The zero-order valence-corrected chi connectivity index (χ0v) is 16.5. The van der Waals surface area contributed by atoms with E-state index >= 15 is 0 Å². The SMILES string of the molecule is CC(C)=CC[C@H]1O[C@]1(C)C1CCCC[C@]12CO2.O=C(O)Nc1nccs1.[HH].[HH]. The third-order valence-electron chi connectivity index (χ3n) is 5.55. The van der Waals surface area contributed by atoms with Crippen molar-refractivity contribution < 1.29 is 22.2 Å². The molecule has 3 heterocycles. The number of nitrogens with zero attached hydrogens (tertiary/aromatic N) is 1. The first kappa shape index (κ1) is 19.3. The van der Waals surface area contributed by atoms with Crippen molar-refractivity contribution in [3.63, 3.8) is 0 Å². The largest absolute Gasteiger partial charge is 0.465 e. The van der Waals surface area contributed by atoms with Crippen molar-refractivity contribution in [3.8, 4) is 0 Å². The lowest BCUT2D eigenvalue weighted by atomic mass is 9.71. The summed E-state index contributed by atoms with van der Waals surface area (Å²) in [5, 5.41) is 12.4. The molecule has 2 aliphatic heterocycles. The molecule has 1 saturated carbocycles. The second-order valence-electron chi connectivity index (χ2n) is 7.73. The number of hydrogen-bond donors (Lipinski definition) is 2. The van der Waals surface area contributed by atoms with Gasteiger partial charge in [-0.25, -0.2) is 9.78 Å². The molecule has 1 amide bonds. The Labute approximate surface area is 161 Å². The Morgan fingerprint density at radius 3 is 2.88 bits per heavy atom. The van der Waals surface area contributed by atoms with Crippen LogP contribution in [0.3, 0.4) is 0 Å². The van der Waals surface area contributed by atoms with Gasteiger partial charge in [0.15, 0.2) is 5.13 Å². The molecule has 3 aliphatic rings. The predicted molar refractivity (Wildman–Crippen MR) is 106 cm³/mol. The maximum absolute atomic E-state index is 9.92. The predicted octanol–water partition coefficient (Wildman–Crippen LogP) is 5.18. The van der Waals surface area contributed by atoms with Gasteiger partial charge in [0.25, 0.3) is 0 Å². The van der Waals surface area contributed by atoms with Crippen LogP contribution in [0.25, 0.3) is 0 Å². The number of anilines is 1. The van der Waals surface area contributed by atoms with Gasteiger partial charge in [0.2, 0.25) is 0 Å². The number of carboxylic acid groups (broad SMARTS) is 1. The summed E-state index contributed by atoms with van der Waals surface area (Å²) in [6.45, 7) is 7.60. The summed E-state index contributed by atoms with van der Waals surface area (Å²) < 4.78 is 11.8. The molecule has 1 aliphatic carbocycles. The lowest BCUT2D eigenvalue weighted by Gasteiger charge is -2.32. The normalized spacial score (nSPS) is 34.4. The Kier molecular flexibility index (Phi) is 5.69. The zero-order chi connectivity index (χ0) is 18.8. The highest BCUT2D eigenvalue weighted by molar-refractivity contribution is 7.13. The highest BCUT2D eigenvalue weighted by atomic mass is 32.1. The summed E-state index contributed by atoms with van der Waals surface area (Å²) in [7, 11) is 0. The van der Waals surface area contributed by atoms with Gasteiger partial charge in [-0.15, -0.1) is 11.3 Å². The van der Waals surface area contributed by atoms with Crippen molar-refractivity contribution in [2.45, 2.75) is 70.2 Å². The minimum absolute atomic E-state index is 0. The molecule has 7 heteroatoms. The monoisotopic (exact) mass is 384 g/mol. The number of aromatic nitrogens is 1. The number of thiazole rings is 1. The van der Waals surface area contributed by atoms with E-state index in [0.29, 0.717) is 17.2 Å². The van der Waals surface area contributed by atoms with Crippen molar-refractivity contribution >= 4 is 22.6 Å². The Balaban J connectivity index is 0.000000308. The summed E-state index contributed by atoms with van der Waals surface area (Å²) in [5.74, 6) is 0.638. The fraction of sp³-hybridized carbons (Fsp3) is 0.684. The molecule has 1 unspecified atom stereocenters. The molecule has 6 nitrogen and oxygen atoms in total. The number of amides is 1. The van der Waals surface area contributed by atoms with Crippen LogP contribution >= 0.6 is 11.3 Å². The van der Waals surface area contributed by atoms with Crippen LogP contribution in [0.4, 0.5) is 9.93 Å². The van der Waals surface area contributed by atoms with Gasteiger partial charge in [-0.3, -0.25) is 5.32 Å². The van der Waals surface area contributed by atoms with Crippen LogP contribution in [0.5, 0.6) is 0 Å². The van der Waals surface area contributed by atoms with Crippen molar-refractivity contribution in [1.82, 2.24) is 4.98 Å². The molecule has 4 atom stereocenters. The fourth-order valence-electron chi connectivity index (χ4n) is 4.04. The molecule has 4 rings (SSSR count). The maximum atomic E-state index is 9.92. The molecular formula is C19H32N2O4S. The van der Waals surface area contributed by atoms with Crippen LogP contribution in [-0.4, -0.2) is 40.1 Å². The maximum Gasteiger partial charge on any atom is 0.410 e. The first-order chi connectivity index (χ1) is 12.4. The van der Waals surface area contributed by atoms with Gasteiger partial charge in [-0.1, -0.05) is 24.5 Å². The minimum atomic E-state index is -1.08. The van der Waals surface area contributed by atoms with E-state index in [1.54, 1.807) is 5.38 Å². The Morgan fingerprint density at radius 1 is 1.54 bits per heavy atom. The number of epoxide rings is 2. The van der Waals surface area contributed by atoms with Crippen molar-refractivity contribution in [2.75, 3.05) is 11.9 Å². The van der Waals surface area contributed by atoms with Crippen molar-refractivity contribution in [3.05, 3.63) is 23.2 Å². The second kappa shape index (κ2) is 7.66. The smallest absolute Gasteiger partial charge is 0.410 e. The molecule has 1 aromatic rings. The molecule has 3 fully saturated rings. The van der Waals surface area contributed by atoms with Gasteiger partial charge >= 0.3 is 6.09 Å². The van der Waals surface area contributed by atoms with Crippen LogP contribution in [0.1, 0.15) is 55.7 Å². The molecule has 2 saturated heterocycles. The van der Waals surface area contributed by atoms with E-state index < -0.39 is 6.09 Å². The van der Waals surface area contributed by atoms with E-state index in [-0.39, 0.29) is 14.1 Å². The van der Waals surface area contributed by atoms with Gasteiger partial charge in [-0.2, -0.15) is 0 Å². The quantitative estimate of drug-likeness (QED) is 0.551. The average Bonchev–Trinajstić information content (AvgIpc) is 3.42. The molecule has 0 aromatic carbocycles. The fourth-order valence-corrected chi connectivity index (χ4v) is 4.56. The average molecular weight is 385 g/mol. The van der Waals surface area contributed by atoms with Crippen LogP contribution in [-0.2, 0) is 9.47 Å². The van der Waals surface area contributed by atoms with E-state index in [4.69, 9.17) is 14.6 Å². The lowest BCUT2D eigenvalue weighted by molar-refractivity contribution is 0.0886. The summed E-state index contributed by atoms with van der Waals surface area (Å²) in [6, 6.07) is 0. The van der Waals surface area contributed by atoms with E-state index in [9.17, 15) is 4.79 Å². The highest BCUT2D eigenvalue weighted by Gasteiger charge is 2.67. The third-order valence-corrected chi connectivity index (χ3v) is 6.24. The third kappa shape index (κ3) is 4.45. The molecule has 1 spiro atoms. The number of nitrogens with one attached hydrogen (secondary N) is 1. The number of rotatable bonds is 4. The molecule has 1 aromatic heterocycles. The first-order valence-electron chi connectivity index (χ1n) is 9.20. The molecule has 0 radical (unpaired) electrons. The molecule has 148 valence electrons. The molecule has 0 bridgehead atoms. The van der Waals surface area contributed by atoms with E-state index in [0.717, 1.165) is 13.0 Å². The van der Waals surface area contributed by atoms with Gasteiger partial charge < -0.3 is 14.6 Å².